The highest BCUT2D eigenvalue weighted by Gasteiger charge is 2.25. The van der Waals surface area contributed by atoms with Crippen molar-refractivity contribution < 1.29 is 5.11 Å². The van der Waals surface area contributed by atoms with Gasteiger partial charge in [-0.25, -0.2) is 0 Å². The molecule has 0 heterocycles. The molecule has 12 heavy (non-hydrogen) atoms. The van der Waals surface area contributed by atoms with Gasteiger partial charge in [0.05, 0.1) is 6.10 Å². The first-order chi connectivity index (χ1) is 5.88. The van der Waals surface area contributed by atoms with Gasteiger partial charge in [0.15, 0.2) is 0 Å². The molecular weight excluding hydrogens is 148 g/mol. The molecule has 1 aromatic carbocycles. The van der Waals surface area contributed by atoms with Crippen LogP contribution >= 0.6 is 0 Å². The molecule has 2 rings (SSSR count). The normalized spacial score (nSPS) is 29.1. The van der Waals surface area contributed by atoms with E-state index in [9.17, 15) is 5.11 Å². The van der Waals surface area contributed by atoms with Crippen LogP contribution in [0.1, 0.15) is 30.7 Å². The smallest absolute Gasteiger partial charge is 0.0608 e. The minimum atomic E-state index is -0.104. The molecule has 1 saturated carbocycles. The molecule has 2 atom stereocenters. The van der Waals surface area contributed by atoms with Gasteiger partial charge in [-0.2, -0.15) is 0 Å². The third-order valence-electron chi connectivity index (χ3n) is 2.71. The molecule has 0 aromatic heterocycles. The molecule has 0 aliphatic heterocycles. The molecule has 64 valence electrons. The van der Waals surface area contributed by atoms with E-state index in [1.54, 1.807) is 0 Å². The number of hydrogen-bond acceptors (Lipinski definition) is 1. The van der Waals surface area contributed by atoms with Gasteiger partial charge in [0, 0.05) is 5.92 Å². The molecule has 0 spiro atoms. The molecule has 0 bridgehead atoms. The Kier molecular flexibility index (Phi) is 2.13. The highest BCUT2D eigenvalue weighted by molar-refractivity contribution is 5.21. The van der Waals surface area contributed by atoms with E-state index in [0.29, 0.717) is 5.92 Å². The van der Waals surface area contributed by atoms with Crippen LogP contribution in [0.5, 0.6) is 0 Å². The lowest BCUT2D eigenvalue weighted by molar-refractivity contribution is 0.164. The fourth-order valence-corrected chi connectivity index (χ4v) is 2.03. The topological polar surface area (TPSA) is 20.2 Å². The Hall–Kier alpha value is -0.820. The Labute approximate surface area is 73.0 Å². The van der Waals surface area contributed by atoms with E-state index in [1.807, 2.05) is 18.2 Å². The maximum absolute atomic E-state index is 9.64. The number of rotatable bonds is 1. The molecule has 1 nitrogen and oxygen atoms in total. The van der Waals surface area contributed by atoms with Gasteiger partial charge in [0.2, 0.25) is 0 Å². The van der Waals surface area contributed by atoms with Crippen molar-refractivity contribution in [3.63, 3.8) is 0 Å². The molecule has 1 heteroatoms. The first-order valence-corrected chi connectivity index (χ1v) is 4.61. The summed E-state index contributed by atoms with van der Waals surface area (Å²) in [4.78, 5) is 0. The summed E-state index contributed by atoms with van der Waals surface area (Å²) in [6.07, 6.45) is 3.18. The van der Waals surface area contributed by atoms with Crippen LogP contribution in [0, 0.1) is 0 Å². The van der Waals surface area contributed by atoms with Crippen molar-refractivity contribution >= 4 is 0 Å². The number of aliphatic hydroxyl groups excluding tert-OH is 1. The lowest BCUT2D eigenvalue weighted by Gasteiger charge is -2.13. The van der Waals surface area contributed by atoms with Gasteiger partial charge in [-0.1, -0.05) is 36.8 Å². The summed E-state index contributed by atoms with van der Waals surface area (Å²) >= 11 is 0. The number of hydrogen-bond donors (Lipinski definition) is 1. The summed E-state index contributed by atoms with van der Waals surface area (Å²) in [5.41, 5.74) is 1.29. The van der Waals surface area contributed by atoms with Crippen molar-refractivity contribution in [2.75, 3.05) is 0 Å². The van der Waals surface area contributed by atoms with Crippen molar-refractivity contribution in [1.82, 2.24) is 0 Å². The molecule has 0 saturated heterocycles. The van der Waals surface area contributed by atoms with E-state index >= 15 is 0 Å². The highest BCUT2D eigenvalue weighted by Crippen LogP contribution is 2.34. The predicted octanol–water partition coefficient (Wildman–Crippen LogP) is 2.32. The Morgan fingerprint density at radius 3 is 2.42 bits per heavy atom. The third kappa shape index (κ3) is 1.37. The van der Waals surface area contributed by atoms with Crippen molar-refractivity contribution in [2.45, 2.75) is 31.3 Å². The molecular formula is C11H14O. The molecule has 0 radical (unpaired) electrons. The molecule has 0 unspecified atom stereocenters. The van der Waals surface area contributed by atoms with Crippen molar-refractivity contribution in [1.29, 1.82) is 0 Å². The van der Waals surface area contributed by atoms with Crippen LogP contribution in [-0.2, 0) is 0 Å². The zero-order valence-electron chi connectivity index (χ0n) is 7.11. The Morgan fingerprint density at radius 2 is 1.83 bits per heavy atom. The Morgan fingerprint density at radius 1 is 1.08 bits per heavy atom. The lowest BCUT2D eigenvalue weighted by atomic mass is 9.96. The summed E-state index contributed by atoms with van der Waals surface area (Å²) in [6.45, 7) is 0. The van der Waals surface area contributed by atoms with E-state index < -0.39 is 0 Å². The van der Waals surface area contributed by atoms with Crippen LogP contribution < -0.4 is 0 Å². The third-order valence-corrected chi connectivity index (χ3v) is 2.71. The van der Waals surface area contributed by atoms with Crippen molar-refractivity contribution in [3.05, 3.63) is 35.9 Å². The van der Waals surface area contributed by atoms with Gasteiger partial charge in [-0.15, -0.1) is 0 Å². The fourth-order valence-electron chi connectivity index (χ4n) is 2.03. The monoisotopic (exact) mass is 162 g/mol. The lowest BCUT2D eigenvalue weighted by Crippen LogP contribution is -2.10. The van der Waals surface area contributed by atoms with Crippen LogP contribution in [0.4, 0.5) is 0 Å². The van der Waals surface area contributed by atoms with E-state index in [1.165, 1.54) is 12.0 Å². The van der Waals surface area contributed by atoms with Gasteiger partial charge in [0.1, 0.15) is 0 Å². The van der Waals surface area contributed by atoms with Gasteiger partial charge < -0.3 is 5.11 Å². The Balaban J connectivity index is 2.19. The van der Waals surface area contributed by atoms with Gasteiger partial charge >= 0.3 is 0 Å². The number of aliphatic hydroxyl groups is 1. The van der Waals surface area contributed by atoms with Crippen molar-refractivity contribution in [3.8, 4) is 0 Å². The number of benzene rings is 1. The quantitative estimate of drug-likeness (QED) is 0.672. The maximum atomic E-state index is 9.64. The van der Waals surface area contributed by atoms with Crippen LogP contribution in [-0.4, -0.2) is 11.2 Å². The van der Waals surface area contributed by atoms with Crippen LogP contribution in [0.3, 0.4) is 0 Å². The summed E-state index contributed by atoms with van der Waals surface area (Å²) in [7, 11) is 0. The summed E-state index contributed by atoms with van der Waals surface area (Å²) < 4.78 is 0. The molecule has 1 aliphatic rings. The first kappa shape index (κ1) is 7.81. The summed E-state index contributed by atoms with van der Waals surface area (Å²) in [5, 5.41) is 9.64. The zero-order chi connectivity index (χ0) is 8.39. The second-order valence-electron chi connectivity index (χ2n) is 3.52. The van der Waals surface area contributed by atoms with Gasteiger partial charge in [-0.3, -0.25) is 0 Å². The van der Waals surface area contributed by atoms with Crippen LogP contribution in [0.15, 0.2) is 30.3 Å². The molecule has 0 amide bonds. The van der Waals surface area contributed by atoms with Crippen LogP contribution in [0.2, 0.25) is 0 Å². The second kappa shape index (κ2) is 3.28. The van der Waals surface area contributed by atoms with E-state index in [-0.39, 0.29) is 6.10 Å². The van der Waals surface area contributed by atoms with Crippen molar-refractivity contribution in [2.24, 2.45) is 0 Å². The zero-order valence-corrected chi connectivity index (χ0v) is 7.11. The van der Waals surface area contributed by atoms with Gasteiger partial charge in [-0.05, 0) is 18.4 Å². The average molecular weight is 162 g/mol. The van der Waals surface area contributed by atoms with Crippen LogP contribution in [0.25, 0.3) is 0 Å². The average Bonchev–Trinajstić information content (AvgIpc) is 2.53. The Bertz CT molecular complexity index is 242. The minimum Gasteiger partial charge on any atom is -0.392 e. The standard InChI is InChI=1S/C11H14O/c12-11-8-4-7-10(11)9-5-2-1-3-6-9/h1-3,5-6,10-12H,4,7-8H2/t10-,11-/m1/s1. The minimum absolute atomic E-state index is 0.104. The molecule has 1 N–H and O–H groups in total. The maximum Gasteiger partial charge on any atom is 0.0608 e. The second-order valence-corrected chi connectivity index (χ2v) is 3.52. The predicted molar refractivity (Wildman–Crippen MR) is 49.0 cm³/mol. The molecule has 1 aromatic rings. The fraction of sp³-hybridized carbons (Fsp3) is 0.455. The molecule has 1 fully saturated rings. The largest absolute Gasteiger partial charge is 0.392 e. The van der Waals surface area contributed by atoms with Gasteiger partial charge in [0.25, 0.3) is 0 Å². The highest BCUT2D eigenvalue weighted by atomic mass is 16.3. The molecule has 1 aliphatic carbocycles. The SMILES string of the molecule is O[C@@H]1CCC[C@@H]1c1ccccc1. The van der Waals surface area contributed by atoms with E-state index in [0.717, 1.165) is 12.8 Å². The van der Waals surface area contributed by atoms with E-state index in [4.69, 9.17) is 0 Å². The summed E-state index contributed by atoms with van der Waals surface area (Å²) in [6, 6.07) is 10.3. The van der Waals surface area contributed by atoms with E-state index in [2.05, 4.69) is 12.1 Å². The summed E-state index contributed by atoms with van der Waals surface area (Å²) in [5.74, 6) is 0.395. The first-order valence-electron chi connectivity index (χ1n) is 4.61.